The van der Waals surface area contributed by atoms with Gasteiger partial charge in [-0.3, -0.25) is 4.79 Å². The summed E-state index contributed by atoms with van der Waals surface area (Å²) in [7, 11) is -36.5. The number of nitrogens with zero attached hydrogens (tertiary/aromatic N) is 10. The van der Waals surface area contributed by atoms with Crippen LogP contribution in [0, 0.1) is 0 Å². The zero-order valence-electron chi connectivity index (χ0n) is 65.1. The van der Waals surface area contributed by atoms with E-state index in [9.17, 15) is 64.2 Å². The van der Waals surface area contributed by atoms with Crippen molar-refractivity contribution in [3.8, 4) is 0 Å². The van der Waals surface area contributed by atoms with Crippen molar-refractivity contribution in [3.63, 3.8) is 0 Å². The van der Waals surface area contributed by atoms with Gasteiger partial charge in [-0.25, -0.2) is 0 Å². The van der Waals surface area contributed by atoms with Gasteiger partial charge in [0.2, 0.25) is 0 Å². The molecule has 44 heteroatoms. The van der Waals surface area contributed by atoms with Crippen molar-refractivity contribution in [2.45, 2.75) is 122 Å². The summed E-state index contributed by atoms with van der Waals surface area (Å²) in [6.45, 7) is 12.6. The van der Waals surface area contributed by atoms with Gasteiger partial charge in [-0.15, -0.1) is 0 Å². The molecule has 36 nitrogen and oxygen atoms in total. The first-order valence-electron chi connectivity index (χ1n) is 38.7. The number of aliphatic imine (C=N–C) groups is 2. The monoisotopic (exact) mass is 1750 g/mol. The van der Waals surface area contributed by atoms with E-state index in [1.165, 1.54) is 0 Å². The van der Waals surface area contributed by atoms with Crippen molar-refractivity contribution in [1.29, 1.82) is 0 Å². The molecule has 6 aliphatic rings. The molecule has 8 heterocycles. The Morgan fingerprint density at radius 1 is 0.417 bits per heavy atom. The Morgan fingerprint density at radius 2 is 0.748 bits per heavy atom. The Kier molecular flexibility index (Phi) is 26.2. The van der Waals surface area contributed by atoms with Gasteiger partial charge in [0.15, 0.2) is 0 Å². The molecule has 0 amide bonds. The van der Waals surface area contributed by atoms with Crippen LogP contribution in [0.1, 0.15) is 106 Å². The molecule has 6 aliphatic heterocycles. The van der Waals surface area contributed by atoms with Gasteiger partial charge >= 0.3 is 612 Å². The number of hydrogen-bond acceptors (Lipinski definition) is 30. The number of amidine groups is 4. The molecular formula is C71H104N14O22S5Si3. The van der Waals surface area contributed by atoms with E-state index in [0.717, 1.165) is 43.8 Å². The van der Waals surface area contributed by atoms with E-state index in [1.807, 2.05) is 97.1 Å². The van der Waals surface area contributed by atoms with Gasteiger partial charge in [0.25, 0.3) is 0 Å². The van der Waals surface area contributed by atoms with Gasteiger partial charge in [0.1, 0.15) is 0 Å². The summed E-state index contributed by atoms with van der Waals surface area (Å²) >= 11 is 0. The zero-order valence-corrected chi connectivity index (χ0v) is 72.2. The van der Waals surface area contributed by atoms with Crippen LogP contribution in [0.4, 0.5) is 11.6 Å². The second-order valence-electron chi connectivity index (χ2n) is 31.6. The molecule has 632 valence electrons. The van der Waals surface area contributed by atoms with Crippen LogP contribution in [0.25, 0.3) is 21.5 Å². The fourth-order valence-corrected chi connectivity index (χ4v) is 43.4. The van der Waals surface area contributed by atoms with Crippen LogP contribution in [0.3, 0.4) is 0 Å². The van der Waals surface area contributed by atoms with Gasteiger partial charge in [0, 0.05) is 0 Å². The number of rotatable bonds is 52. The molecule has 12 rings (SSSR count). The number of unbranched alkanes of at least 4 members (excludes halogenated alkanes) is 5. The van der Waals surface area contributed by atoms with E-state index in [-0.39, 0.29) is 99.3 Å². The second kappa shape index (κ2) is 34.3. The van der Waals surface area contributed by atoms with Crippen LogP contribution >= 0.6 is 0 Å². The zero-order chi connectivity index (χ0) is 82.6. The summed E-state index contributed by atoms with van der Waals surface area (Å²) in [5.41, 5.74) is 3.95. The van der Waals surface area contributed by atoms with Crippen LogP contribution in [-0.4, -0.2) is 252 Å². The number of carbonyl (C=O) groups excluding carboxylic acids is 1. The fraction of sp³-hybridized carbons (Fsp3) is 0.535. The number of carbonyl (C=O) groups is 1. The molecule has 0 fully saturated rings. The maximum atomic E-state index is 12.8. The standard InChI is InChI=1S/C71H104N14O22S5Si3/c1-113(2,53-23-39-84(34-13-18-48-108(87,88)89,35-15-20-50-110(93,94)103-73)36-16-21-51-111(95,96)104-74)106-115(107-114(3,4)54-24-40-85(37-14-19-49-109(90,91)92,38-17-22-52-112(97,98)105-75)41-43-100-45-47-101-46-44-99-42-33-63(86)102-72)80-64-55-25-5-6-26-56(55)65(80)77-67-59-29-9-10-30-60(59)69(82(67)115)79-71-62-32-12-11-31-61(62)70(83(71)115)78-68-58-28-8-7-27-57(58)66(76-64)81(68)115/h5-12,25-32H,13-24,33-54,72-75H2,1-4H3. The minimum absolute atomic E-state index is 0.0205. The van der Waals surface area contributed by atoms with Crippen molar-refractivity contribution < 1.29 is 114 Å². The molecule has 0 saturated heterocycles. The first-order chi connectivity index (χ1) is 54.5. The Morgan fingerprint density at radius 3 is 1.12 bits per heavy atom. The van der Waals surface area contributed by atoms with E-state index in [4.69, 9.17) is 57.8 Å². The number of nitrogens with two attached hydrogens (primary N) is 4. The van der Waals surface area contributed by atoms with Crippen molar-refractivity contribution in [2.75, 3.05) is 121 Å². The Bertz CT molecular complexity index is 5400. The second-order valence-corrected chi connectivity index (χ2v) is 54.1. The third kappa shape index (κ3) is 17.6. The fourth-order valence-electron chi connectivity index (χ4n) is 18.1. The number of quaternary nitrogens is 2. The van der Waals surface area contributed by atoms with E-state index < -0.39 is 104 Å². The molecule has 6 aromatic rings. The third-order valence-electron chi connectivity index (χ3n) is 22.8. The number of fused-ring (bicyclic) bond motifs is 12. The third-order valence-corrected chi connectivity index (χ3v) is 44.3. The molecular weight excluding hydrogens is 1650 g/mol. The predicted molar refractivity (Wildman–Crippen MR) is 432 cm³/mol. The molecule has 0 aliphatic carbocycles. The van der Waals surface area contributed by atoms with Crippen LogP contribution < -0.4 is 34.6 Å². The SMILES string of the molecule is C[Si](C)(CCC[N+](CCCCS(=O)(=O)[O-])(CCCCS(=O)(=O)ON)CCCCS(=O)(=O)ON)O[Si-2]123(O[Si](C)(C)CCC[N+](CCCCS(=O)(=O)[O-])(CCCCS(=O)(=O)ON)CCOCCOCCOCCC(=O)ON)n4c5c6ccccc6c4N=C4c6ccccc6C(=[N+]41)N=c1c4ccccc4c(n12)=NC1=[N+]3C(=N5)c2ccccc21. The Hall–Kier alpha value is -6.53. The van der Waals surface area contributed by atoms with Gasteiger partial charge in [0.05, 0.1) is 26.2 Å². The van der Waals surface area contributed by atoms with Crippen LogP contribution in [0.2, 0.25) is 38.3 Å². The Balaban J connectivity index is 1.04. The quantitative estimate of drug-likeness (QED) is 0.0139. The number of benzene rings is 4. The Labute approximate surface area is 671 Å². The predicted octanol–water partition coefficient (Wildman–Crippen LogP) is 3.69. The summed E-state index contributed by atoms with van der Waals surface area (Å²) < 4.78 is 209. The van der Waals surface area contributed by atoms with Crippen molar-refractivity contribution in [1.82, 2.24) is 8.47 Å². The molecule has 8 N–H and O–H groups in total. The summed E-state index contributed by atoms with van der Waals surface area (Å²) in [5.74, 6) is 20.5. The van der Waals surface area contributed by atoms with Crippen molar-refractivity contribution >= 4 is 137 Å². The molecule has 1 spiro atoms. The molecule has 4 aromatic carbocycles. The normalized spacial score (nSPS) is 17.5. The average molecular weight is 1750 g/mol. The number of ether oxygens (including phenoxy) is 3. The van der Waals surface area contributed by atoms with Crippen molar-refractivity contribution in [2.24, 2.45) is 43.6 Å². The van der Waals surface area contributed by atoms with Gasteiger partial charge in [-0.05, 0) is 0 Å². The van der Waals surface area contributed by atoms with E-state index in [2.05, 4.69) is 60.8 Å². The molecule has 1 unspecified atom stereocenters. The molecule has 115 heavy (non-hydrogen) atoms. The number of hydrogen-bond donors (Lipinski definition) is 4. The summed E-state index contributed by atoms with van der Waals surface area (Å²) in [4.78, 5) is 39.3. The van der Waals surface area contributed by atoms with Crippen LogP contribution in [0.5, 0.6) is 0 Å². The van der Waals surface area contributed by atoms with Crippen molar-refractivity contribution in [3.05, 3.63) is 130 Å². The number of aromatic nitrogens is 2. The first-order valence-corrected chi connectivity index (χ1v) is 55.4. The summed E-state index contributed by atoms with van der Waals surface area (Å²) in [5, 5.41) is 2.96. The van der Waals surface area contributed by atoms with E-state index >= 15 is 0 Å². The van der Waals surface area contributed by atoms with E-state index in [1.54, 1.807) is 0 Å². The first kappa shape index (κ1) is 87.8. The van der Waals surface area contributed by atoms with E-state index in [0.29, 0.717) is 149 Å². The minimum atomic E-state index is -7.46. The maximum absolute atomic E-state index is 12.8. The molecule has 2 aromatic heterocycles. The molecule has 0 saturated carbocycles. The summed E-state index contributed by atoms with van der Waals surface area (Å²) in [6.07, 6.45) is 2.85. The molecule has 1 atom stereocenters. The van der Waals surface area contributed by atoms with Crippen LogP contribution in [-0.2, 0) is 95.5 Å². The average Bonchev–Trinajstić information content (AvgIpc) is 1.45. The summed E-state index contributed by atoms with van der Waals surface area (Å²) in [6, 6.07) is 32.7. The molecule has 0 bridgehead atoms. The topological polar surface area (TPSA) is 486 Å². The van der Waals surface area contributed by atoms with Gasteiger partial charge < -0.3 is 9.57 Å². The van der Waals surface area contributed by atoms with Gasteiger partial charge in [-0.2, -0.15) is 23.6 Å². The van der Waals surface area contributed by atoms with Crippen LogP contribution in [0.15, 0.2) is 117 Å². The molecule has 0 radical (unpaired) electrons. The van der Waals surface area contributed by atoms with Gasteiger partial charge in [-0.1, -0.05) is 0 Å².